The van der Waals surface area contributed by atoms with Crippen molar-refractivity contribution in [2.75, 3.05) is 0 Å². The first-order chi connectivity index (χ1) is 40.0. The molecule has 0 amide bonds. The lowest BCUT2D eigenvalue weighted by Crippen LogP contribution is -2.60. The Labute approximate surface area is 470 Å². The summed E-state index contributed by atoms with van der Waals surface area (Å²) in [6.07, 6.45) is -11.6. The summed E-state index contributed by atoms with van der Waals surface area (Å²) >= 11 is 0. The van der Waals surface area contributed by atoms with Gasteiger partial charge in [-0.15, -0.1) is 0 Å². The number of hydrogen-bond acceptors (Lipinski definition) is 24. The molecule has 6 aliphatic heterocycles. The van der Waals surface area contributed by atoms with Crippen LogP contribution in [-0.4, -0.2) is 116 Å². The summed E-state index contributed by atoms with van der Waals surface area (Å²) in [5.74, 6) is -22.7. The van der Waals surface area contributed by atoms with Crippen molar-refractivity contribution in [3.05, 3.63) is 164 Å². The molecule has 4 bridgehead atoms. The number of aliphatic hydroxyl groups excluding tert-OH is 4. The molecule has 24 heteroatoms. The Morgan fingerprint density at radius 3 is 1.23 bits per heavy atom. The zero-order valence-corrected chi connectivity index (χ0v) is 42.7. The first kappa shape index (κ1) is 51.7. The summed E-state index contributed by atoms with van der Waals surface area (Å²) in [4.78, 5) is 0. The minimum absolute atomic E-state index is 0.0699. The third kappa shape index (κ3) is 7.01. The number of phenolic OH excluding ortho intramolecular Hbond substituents is 14. The topological polar surface area (TPSA) is 420 Å². The molecule has 430 valence electrons. The second-order valence-electron chi connectivity index (χ2n) is 21.4. The van der Waals surface area contributed by atoms with Gasteiger partial charge in [-0.1, -0.05) is 12.1 Å². The lowest BCUT2D eigenvalue weighted by atomic mass is 9.67. The van der Waals surface area contributed by atoms with Crippen molar-refractivity contribution in [1.82, 2.24) is 0 Å². The lowest BCUT2D eigenvalue weighted by Gasteiger charge is -2.55. The molecule has 24 nitrogen and oxygen atoms in total. The number of ether oxygens (including phenoxy) is 6. The average Bonchev–Trinajstić information content (AvgIpc) is 1.10. The third-order valence-electron chi connectivity index (χ3n) is 16.7. The fourth-order valence-electron chi connectivity index (χ4n) is 12.9. The molecule has 0 saturated carbocycles. The summed E-state index contributed by atoms with van der Waals surface area (Å²) in [5, 5.41) is 208. The summed E-state index contributed by atoms with van der Waals surface area (Å²) < 4.78 is 41.0. The highest BCUT2D eigenvalue weighted by Gasteiger charge is 2.66. The van der Waals surface area contributed by atoms with Gasteiger partial charge in [0.2, 0.25) is 0 Å². The van der Waals surface area contributed by atoms with Crippen molar-refractivity contribution in [2.45, 2.75) is 72.4 Å². The van der Waals surface area contributed by atoms with Crippen LogP contribution in [0, 0.1) is 0 Å². The Balaban J connectivity index is 1.16. The minimum atomic E-state index is -2.69. The molecular weight excluding hydrogens is 1100 g/mol. The van der Waals surface area contributed by atoms with Crippen LogP contribution < -0.4 is 28.4 Å². The van der Waals surface area contributed by atoms with E-state index in [9.17, 15) is 91.9 Å². The highest BCUT2D eigenvalue weighted by molar-refractivity contribution is 5.78. The van der Waals surface area contributed by atoms with E-state index in [-0.39, 0.29) is 67.1 Å². The number of hydrogen-bond donors (Lipinski definition) is 18. The van der Waals surface area contributed by atoms with Crippen molar-refractivity contribution in [1.29, 1.82) is 0 Å². The van der Waals surface area contributed by atoms with E-state index in [0.717, 1.165) is 78.9 Å². The SMILES string of the molecule is Oc1cc(O)c2c(c1)O[C@]1(c3ccc(O)c(O)c3)Oc3c4c(c5c(c3[C@@H]2[C@H]1O)O[C@@]1(c2ccc(O)c(O)c2)Oc2cc(O)cc(O)c2[C@H]5[C@H]1O)O[C@H](c1ccc(O)c(O)c1)[C@H](O)[C@H]4c1c(O)cc(O)c2c1O[C@H](c1ccc(O)c(O)c1)[C@H](O)C2. The van der Waals surface area contributed by atoms with Gasteiger partial charge in [0.05, 0.1) is 23.9 Å². The van der Waals surface area contributed by atoms with E-state index in [1.165, 1.54) is 24.3 Å². The molecule has 84 heavy (non-hydrogen) atoms. The van der Waals surface area contributed by atoms with Gasteiger partial charge < -0.3 is 120 Å². The molecule has 14 rings (SSSR count). The van der Waals surface area contributed by atoms with Gasteiger partial charge in [-0.05, 0) is 71.8 Å². The Morgan fingerprint density at radius 2 is 0.750 bits per heavy atom. The van der Waals surface area contributed by atoms with E-state index >= 15 is 0 Å². The molecule has 0 unspecified atom stereocenters. The highest BCUT2D eigenvalue weighted by atomic mass is 16.7. The summed E-state index contributed by atoms with van der Waals surface area (Å²) in [6.45, 7) is 0. The van der Waals surface area contributed by atoms with Crippen LogP contribution in [0.1, 0.15) is 91.2 Å². The van der Waals surface area contributed by atoms with Crippen LogP contribution in [0.4, 0.5) is 0 Å². The van der Waals surface area contributed by atoms with Gasteiger partial charge >= 0.3 is 11.6 Å². The lowest BCUT2D eigenvalue weighted by molar-refractivity contribution is -0.228. The van der Waals surface area contributed by atoms with Gasteiger partial charge in [0, 0.05) is 86.8 Å². The van der Waals surface area contributed by atoms with E-state index in [1.54, 1.807) is 0 Å². The Morgan fingerprint density at radius 1 is 0.333 bits per heavy atom. The van der Waals surface area contributed by atoms with Crippen molar-refractivity contribution in [2.24, 2.45) is 0 Å². The number of fused-ring (bicyclic) bond motifs is 17. The smallest absolute Gasteiger partial charge is 0.305 e. The molecule has 0 aromatic heterocycles. The van der Waals surface area contributed by atoms with Crippen molar-refractivity contribution >= 4 is 0 Å². The summed E-state index contributed by atoms with van der Waals surface area (Å²) in [7, 11) is 0. The molecule has 6 heterocycles. The molecule has 11 atom stereocenters. The van der Waals surface area contributed by atoms with Gasteiger partial charge in [0.25, 0.3) is 0 Å². The van der Waals surface area contributed by atoms with Gasteiger partial charge in [-0.25, -0.2) is 0 Å². The van der Waals surface area contributed by atoms with E-state index in [0.29, 0.717) is 0 Å². The predicted octanol–water partition coefficient (Wildman–Crippen LogP) is 5.49. The maximum absolute atomic E-state index is 13.5. The van der Waals surface area contributed by atoms with E-state index in [4.69, 9.17) is 28.4 Å². The summed E-state index contributed by atoms with van der Waals surface area (Å²) in [5.41, 5.74) is -2.63. The van der Waals surface area contributed by atoms with Crippen molar-refractivity contribution < 1.29 is 120 Å². The first-order valence-corrected chi connectivity index (χ1v) is 25.8. The molecule has 8 aromatic rings. The molecular formula is C60H46O24. The molecule has 6 aliphatic rings. The number of aliphatic hydroxyl groups is 4. The van der Waals surface area contributed by atoms with Gasteiger partial charge in [-0.2, -0.15) is 0 Å². The van der Waals surface area contributed by atoms with Crippen molar-refractivity contribution in [3.8, 4) is 115 Å². The zero-order valence-electron chi connectivity index (χ0n) is 42.7. The molecule has 18 N–H and O–H groups in total. The normalized spacial score (nSPS) is 26.3. The fraction of sp³-hybridized carbons (Fsp3) is 0.200. The van der Waals surface area contributed by atoms with E-state index in [1.807, 2.05) is 0 Å². The van der Waals surface area contributed by atoms with Gasteiger partial charge in [0.15, 0.2) is 52.1 Å². The summed E-state index contributed by atoms with van der Waals surface area (Å²) in [6, 6.07) is 18.2. The molecule has 0 fully saturated rings. The monoisotopic (exact) mass is 1150 g/mol. The highest BCUT2D eigenvalue weighted by Crippen LogP contribution is 2.71. The number of phenols is 14. The maximum Gasteiger partial charge on any atom is 0.305 e. The zero-order chi connectivity index (χ0) is 59.1. The van der Waals surface area contributed by atoms with Crippen LogP contribution >= 0.6 is 0 Å². The van der Waals surface area contributed by atoms with Crippen LogP contribution in [0.5, 0.6) is 115 Å². The Bertz CT molecular complexity index is 4180. The van der Waals surface area contributed by atoms with Gasteiger partial charge in [0.1, 0.15) is 93.4 Å². The molecule has 0 aliphatic carbocycles. The van der Waals surface area contributed by atoms with Crippen LogP contribution in [0.25, 0.3) is 0 Å². The first-order valence-electron chi connectivity index (χ1n) is 25.8. The second-order valence-corrected chi connectivity index (χ2v) is 21.4. The van der Waals surface area contributed by atoms with Crippen molar-refractivity contribution in [3.63, 3.8) is 0 Å². The second kappa shape index (κ2) is 17.6. The fourth-order valence-corrected chi connectivity index (χ4v) is 12.9. The average molecular weight is 1150 g/mol. The number of benzene rings is 8. The predicted molar refractivity (Wildman–Crippen MR) is 281 cm³/mol. The number of rotatable bonds is 5. The van der Waals surface area contributed by atoms with Crippen LogP contribution in [0.15, 0.2) is 103 Å². The van der Waals surface area contributed by atoms with Crippen LogP contribution in [-0.2, 0) is 18.0 Å². The Hall–Kier alpha value is -10.4. The minimum Gasteiger partial charge on any atom is -0.508 e. The van der Waals surface area contributed by atoms with E-state index in [2.05, 4.69) is 0 Å². The quantitative estimate of drug-likeness (QED) is 0.0947. The third-order valence-corrected chi connectivity index (χ3v) is 16.7. The largest absolute Gasteiger partial charge is 0.508 e. The van der Waals surface area contributed by atoms with Gasteiger partial charge in [-0.3, -0.25) is 0 Å². The standard InChI is InChI=1S/C60H46O24/c61-23-13-35(72)41-39(15-23)81-59(21-3-7-28(65)33(70)11-21)57(77)45(41)48-54-47(55-49(56(48)84-59)46-42-36(73)14-24(62)16-40(42)82-60(83-55,58(46)78)22-4-8-29(66)34(71)12-22)44(50(76)52(80-54)20-2-6-27(64)32(69)10-20)43-37(74)18-30(67)25-17-38(75)51(79-53(25)43)19-1-5-26(63)31(68)9-19/h1-16,18,38,44-46,50-52,57-58,61-78H,17H2/t38-,44+,45-,46-,50-,51-,52-,57-,58-,59-,60-/m1/s1. The molecule has 0 saturated heterocycles. The molecule has 0 spiro atoms. The van der Waals surface area contributed by atoms with Crippen LogP contribution in [0.2, 0.25) is 0 Å². The number of aromatic hydroxyl groups is 14. The maximum atomic E-state index is 13.5. The van der Waals surface area contributed by atoms with Crippen LogP contribution in [0.3, 0.4) is 0 Å². The molecule has 0 radical (unpaired) electrons. The Kier molecular flexibility index (Phi) is 10.8. The molecule has 8 aromatic carbocycles. The van der Waals surface area contributed by atoms with E-state index < -0.39 is 181 Å².